The summed E-state index contributed by atoms with van der Waals surface area (Å²) >= 11 is 0. The van der Waals surface area contributed by atoms with Gasteiger partial charge in [0.1, 0.15) is 7.70 Å². The molecule has 0 spiro atoms. The predicted molar refractivity (Wildman–Crippen MR) is 24.4 cm³/mol. The van der Waals surface area contributed by atoms with Crippen molar-refractivity contribution in [3.63, 3.8) is 0 Å². The predicted octanol–water partition coefficient (Wildman–Crippen LogP) is -0.0786. The van der Waals surface area contributed by atoms with Gasteiger partial charge in [-0.3, -0.25) is 9.36 Å². The van der Waals surface area contributed by atoms with Crippen LogP contribution in [-0.2, 0) is 4.79 Å². The smallest absolute Gasteiger partial charge is 0.218 e. The van der Waals surface area contributed by atoms with Crippen LogP contribution < -0.4 is 0 Å². The Labute approximate surface area is 42.0 Å². The first-order valence-electron chi connectivity index (χ1n) is 2.29. The highest BCUT2D eigenvalue weighted by molar-refractivity contribution is 5.50. The Morgan fingerprint density at radius 3 is 3.14 bits per heavy atom. The molecule has 0 fully saturated rings. The fraction of sp³-hybridized carbons (Fsp3) is 0. The molecule has 1 aromatic rings. The van der Waals surface area contributed by atoms with Crippen LogP contribution in [0, 0.1) is 0 Å². The molecule has 0 bridgehead atoms. The van der Waals surface area contributed by atoms with E-state index in [-0.39, 0.29) is 0 Å². The number of aromatic nitrogens is 2. The maximum atomic E-state index is 10.1. The van der Waals surface area contributed by atoms with Crippen LogP contribution in [0.5, 0.6) is 0 Å². The summed E-state index contributed by atoms with van der Waals surface area (Å²) < 4.78 is 7.60. The molecule has 0 saturated carbocycles. The van der Waals surface area contributed by atoms with Gasteiger partial charge in [-0.2, -0.15) is 0 Å². The molecule has 0 amide bonds. The fourth-order valence-electron chi connectivity index (χ4n) is 0.313. The van der Waals surface area contributed by atoms with Crippen LogP contribution >= 0.6 is 0 Å². The molecule has 0 N–H and O–H groups in total. The molecule has 1 rings (SSSR count). The van der Waals surface area contributed by atoms with Gasteiger partial charge in [0.05, 0.1) is 0 Å². The second-order valence-electron chi connectivity index (χ2n) is 1.06. The molecule has 0 aromatic carbocycles. The normalized spacial score (nSPS) is 10.6. The Hall–Kier alpha value is -1.12. The molecule has 0 aliphatic carbocycles. The van der Waals surface area contributed by atoms with Crippen LogP contribution in [0.4, 0.5) is 0 Å². The first-order valence-corrected chi connectivity index (χ1v) is 1.79. The van der Waals surface area contributed by atoms with Gasteiger partial charge >= 0.3 is 0 Å². The second kappa shape index (κ2) is 1.55. The number of carbonyl (C=O) groups excluding carboxylic acids is 1. The standard InChI is InChI=1S/C4H4N2O/c7-4-6-2-1-5-3-6/h1-4H/i4D. The molecule has 0 unspecified atom stereocenters. The van der Waals surface area contributed by atoms with Gasteiger partial charge in [-0.15, -0.1) is 0 Å². The lowest BCUT2D eigenvalue weighted by molar-refractivity contribution is 0.547. The first kappa shape index (κ1) is 2.96. The van der Waals surface area contributed by atoms with Crippen molar-refractivity contribution in [2.24, 2.45) is 0 Å². The van der Waals surface area contributed by atoms with Crippen molar-refractivity contribution in [2.45, 2.75) is 0 Å². The molecule has 0 saturated heterocycles. The van der Waals surface area contributed by atoms with E-state index in [1.165, 1.54) is 18.7 Å². The van der Waals surface area contributed by atoms with Gasteiger partial charge in [-0.05, 0) is 0 Å². The number of nitrogens with zero attached hydrogens (tertiary/aromatic N) is 2. The van der Waals surface area contributed by atoms with Crippen LogP contribution in [0.3, 0.4) is 0 Å². The lowest BCUT2D eigenvalue weighted by Gasteiger charge is -1.75. The van der Waals surface area contributed by atoms with Crippen molar-refractivity contribution in [1.29, 1.82) is 0 Å². The summed E-state index contributed by atoms with van der Waals surface area (Å²) in [5, 5.41) is 0. The van der Waals surface area contributed by atoms with Crippen molar-refractivity contribution >= 4 is 6.39 Å². The molecule has 1 aromatic heterocycles. The molecule has 0 aliphatic rings. The minimum absolute atomic E-state index is 0.762. The third-order valence-electron chi connectivity index (χ3n) is 0.610. The molecule has 1 heterocycles. The zero-order valence-corrected chi connectivity index (χ0v) is 3.53. The maximum absolute atomic E-state index is 10.1. The SMILES string of the molecule is [2H]C(=O)n1ccnc1. The van der Waals surface area contributed by atoms with Crippen LogP contribution in [0.2, 0.25) is 0 Å². The van der Waals surface area contributed by atoms with E-state index in [2.05, 4.69) is 4.98 Å². The number of hydrogen-bond donors (Lipinski definition) is 0. The largest absolute Gasteiger partial charge is 0.279 e. The van der Waals surface area contributed by atoms with E-state index in [9.17, 15) is 4.79 Å². The Kier molecular flexibility index (Phi) is 0.656. The van der Waals surface area contributed by atoms with Gasteiger partial charge in [-0.1, -0.05) is 0 Å². The van der Waals surface area contributed by atoms with Crippen LogP contribution in [-0.4, -0.2) is 15.9 Å². The second-order valence-corrected chi connectivity index (χ2v) is 1.06. The first-order chi connectivity index (χ1) is 3.80. The quantitative estimate of drug-likeness (QED) is 0.424. The summed E-state index contributed by atoms with van der Waals surface area (Å²) in [4.78, 5) is 13.7. The number of hydrogen-bond acceptors (Lipinski definition) is 2. The summed E-state index contributed by atoms with van der Waals surface area (Å²) in [7, 11) is 0. The van der Waals surface area contributed by atoms with Gasteiger partial charge in [0.2, 0.25) is 6.39 Å². The molecular weight excluding hydrogens is 92.1 g/mol. The van der Waals surface area contributed by atoms with Crippen molar-refractivity contribution in [1.82, 2.24) is 9.55 Å². The minimum atomic E-state index is -0.762. The Balaban J connectivity index is 2.93. The molecular formula is C4H4N2O. The monoisotopic (exact) mass is 97.0 g/mol. The lowest BCUT2D eigenvalue weighted by atomic mass is 10.9. The highest BCUT2D eigenvalue weighted by Crippen LogP contribution is 1.74. The van der Waals surface area contributed by atoms with Crippen molar-refractivity contribution in [3.05, 3.63) is 18.7 Å². The van der Waals surface area contributed by atoms with E-state index in [1.807, 2.05) is 0 Å². The summed E-state index contributed by atoms with van der Waals surface area (Å²) in [6.07, 6.45) is 3.40. The van der Waals surface area contributed by atoms with Crippen LogP contribution in [0.25, 0.3) is 0 Å². The lowest BCUT2D eigenvalue weighted by Crippen LogP contribution is -1.86. The van der Waals surface area contributed by atoms with Crippen molar-refractivity contribution in [3.8, 4) is 0 Å². The molecule has 0 radical (unpaired) electrons. The van der Waals surface area contributed by atoms with E-state index < -0.39 is 6.39 Å². The molecule has 0 aliphatic heterocycles. The highest BCUT2D eigenvalue weighted by atomic mass is 16.1. The average Bonchev–Trinajstić information content (AvgIpc) is 2.12. The van der Waals surface area contributed by atoms with E-state index in [0.717, 1.165) is 4.57 Å². The Bertz CT molecular complexity index is 182. The Morgan fingerprint density at radius 2 is 2.86 bits per heavy atom. The van der Waals surface area contributed by atoms with Gasteiger partial charge in [0, 0.05) is 12.4 Å². The van der Waals surface area contributed by atoms with Gasteiger partial charge < -0.3 is 0 Å². The highest BCUT2D eigenvalue weighted by Gasteiger charge is 1.76. The van der Waals surface area contributed by atoms with E-state index in [4.69, 9.17) is 1.37 Å². The number of imidazole rings is 1. The van der Waals surface area contributed by atoms with E-state index >= 15 is 0 Å². The summed E-state index contributed by atoms with van der Waals surface area (Å²) in [5.74, 6) is 0. The topological polar surface area (TPSA) is 34.9 Å². The summed E-state index contributed by atoms with van der Waals surface area (Å²) in [6, 6.07) is 0. The third kappa shape index (κ3) is 0.652. The number of rotatable bonds is 0. The molecule has 3 heteroatoms. The van der Waals surface area contributed by atoms with Crippen molar-refractivity contribution in [2.75, 3.05) is 0 Å². The third-order valence-corrected chi connectivity index (χ3v) is 0.610. The molecule has 3 nitrogen and oxygen atoms in total. The van der Waals surface area contributed by atoms with E-state index in [0.29, 0.717) is 0 Å². The van der Waals surface area contributed by atoms with Crippen LogP contribution in [0.15, 0.2) is 18.7 Å². The van der Waals surface area contributed by atoms with Gasteiger partial charge in [-0.25, -0.2) is 4.98 Å². The average molecular weight is 97.1 g/mol. The fourth-order valence-corrected chi connectivity index (χ4v) is 0.313. The van der Waals surface area contributed by atoms with Gasteiger partial charge in [0.15, 0.2) is 0 Å². The van der Waals surface area contributed by atoms with E-state index in [1.54, 1.807) is 0 Å². The van der Waals surface area contributed by atoms with Crippen LogP contribution in [0.1, 0.15) is 1.37 Å². The number of carbonyl (C=O) groups is 1. The Morgan fingerprint density at radius 1 is 2.00 bits per heavy atom. The molecule has 7 heavy (non-hydrogen) atoms. The van der Waals surface area contributed by atoms with Crippen molar-refractivity contribution < 1.29 is 6.17 Å². The van der Waals surface area contributed by atoms with Gasteiger partial charge in [0.25, 0.3) is 0 Å². The zero-order chi connectivity index (χ0) is 5.98. The summed E-state index contributed by atoms with van der Waals surface area (Å²) in [5.41, 5.74) is 0. The molecule has 36 valence electrons. The zero-order valence-electron chi connectivity index (χ0n) is 4.53. The summed E-state index contributed by atoms with van der Waals surface area (Å²) in [6.45, 7) is 0. The molecule has 0 atom stereocenters. The minimum Gasteiger partial charge on any atom is -0.279 e. The maximum Gasteiger partial charge on any atom is 0.218 e.